The summed E-state index contributed by atoms with van der Waals surface area (Å²) in [7, 11) is 0. The Morgan fingerprint density at radius 2 is 1.23 bits per heavy atom. The van der Waals surface area contributed by atoms with Crippen molar-refractivity contribution in [2.75, 3.05) is 59.2 Å². The van der Waals surface area contributed by atoms with E-state index < -0.39 is 12.2 Å². The van der Waals surface area contributed by atoms with Crippen LogP contribution in [0.3, 0.4) is 0 Å². The van der Waals surface area contributed by atoms with Crippen LogP contribution in [0.1, 0.15) is 0 Å². The fourth-order valence-electron chi connectivity index (χ4n) is 2.74. The molecule has 2 heterocycles. The predicted octanol–water partition coefficient (Wildman–Crippen LogP) is 4.24. The van der Waals surface area contributed by atoms with Gasteiger partial charge in [-0.15, -0.1) is 47.0 Å². The molecular weight excluding hydrogens is 497 g/mol. The Balaban J connectivity index is 1.27. The number of aliphatic hydroxyl groups is 2. The molecule has 0 radical (unpaired) electrons. The summed E-state index contributed by atoms with van der Waals surface area (Å²) in [5.41, 5.74) is 0. The second kappa shape index (κ2) is 14.9. The van der Waals surface area contributed by atoms with E-state index >= 15 is 0 Å². The standard InChI is InChI=1S/C20H30O4S6/c21-15(11-25-13-19-27-4-5-28-19)9-23-17-2-1-3-18(8-17)24-10-16(22)12-26-14-20-29-6-7-30-20/h1-3,8,15-16,19-22H,4-7,9-14H2. The third-order valence-corrected chi connectivity index (χ3v) is 13.5. The van der Waals surface area contributed by atoms with E-state index in [1.54, 1.807) is 23.5 Å². The highest BCUT2D eigenvalue weighted by atomic mass is 32.2. The predicted molar refractivity (Wildman–Crippen MR) is 142 cm³/mol. The first-order valence-corrected chi connectivity index (χ1v) is 16.5. The first-order valence-electron chi connectivity index (χ1n) is 10.0. The van der Waals surface area contributed by atoms with E-state index in [1.165, 1.54) is 23.0 Å². The second-order valence-corrected chi connectivity index (χ2v) is 14.8. The van der Waals surface area contributed by atoms with Gasteiger partial charge in [-0.25, -0.2) is 0 Å². The molecule has 0 spiro atoms. The molecule has 0 aromatic heterocycles. The number of hydrogen-bond donors (Lipinski definition) is 2. The molecule has 10 heteroatoms. The number of hydrogen-bond acceptors (Lipinski definition) is 10. The zero-order valence-corrected chi connectivity index (χ0v) is 21.7. The van der Waals surface area contributed by atoms with Crippen molar-refractivity contribution < 1.29 is 19.7 Å². The Hall–Kier alpha value is 0.840. The van der Waals surface area contributed by atoms with Crippen molar-refractivity contribution in [1.82, 2.24) is 0 Å². The molecule has 30 heavy (non-hydrogen) atoms. The molecule has 0 bridgehead atoms. The zero-order chi connectivity index (χ0) is 21.0. The largest absolute Gasteiger partial charge is 0.491 e. The van der Waals surface area contributed by atoms with Gasteiger partial charge in [0.05, 0.1) is 21.4 Å². The molecule has 0 amide bonds. The van der Waals surface area contributed by atoms with Crippen LogP contribution in [-0.4, -0.2) is 90.8 Å². The molecular formula is C20H30O4S6. The summed E-state index contributed by atoms with van der Waals surface area (Å²) in [6.07, 6.45) is -0.961. The number of thioether (sulfide) groups is 6. The Bertz CT molecular complexity index is 551. The molecule has 2 N–H and O–H groups in total. The van der Waals surface area contributed by atoms with Gasteiger partial charge in [0.1, 0.15) is 24.7 Å². The highest BCUT2D eigenvalue weighted by molar-refractivity contribution is 8.21. The third kappa shape index (κ3) is 10.2. The average Bonchev–Trinajstić information content (AvgIpc) is 3.45. The van der Waals surface area contributed by atoms with Crippen LogP contribution in [0.25, 0.3) is 0 Å². The Morgan fingerprint density at radius 3 is 1.67 bits per heavy atom. The van der Waals surface area contributed by atoms with Crippen LogP contribution in [-0.2, 0) is 0 Å². The van der Waals surface area contributed by atoms with Crippen LogP contribution in [0.5, 0.6) is 11.5 Å². The van der Waals surface area contributed by atoms with Crippen molar-refractivity contribution in [2.45, 2.75) is 21.4 Å². The second-order valence-electron chi connectivity index (χ2n) is 6.82. The van der Waals surface area contributed by atoms with Crippen LogP contribution in [0.4, 0.5) is 0 Å². The lowest BCUT2D eigenvalue weighted by molar-refractivity contribution is 0.122. The Labute approximate surface area is 205 Å². The minimum absolute atomic E-state index is 0.276. The fourth-order valence-corrected chi connectivity index (χ4v) is 11.3. The van der Waals surface area contributed by atoms with Crippen LogP contribution >= 0.6 is 70.6 Å². The summed E-state index contributed by atoms with van der Waals surface area (Å²) in [6.45, 7) is 0.551. The summed E-state index contributed by atoms with van der Waals surface area (Å²) < 4.78 is 12.8. The zero-order valence-electron chi connectivity index (χ0n) is 16.9. The van der Waals surface area contributed by atoms with E-state index in [4.69, 9.17) is 9.47 Å². The highest BCUT2D eigenvalue weighted by Gasteiger charge is 2.18. The third-order valence-electron chi connectivity index (χ3n) is 4.20. The Kier molecular flexibility index (Phi) is 12.6. The monoisotopic (exact) mass is 526 g/mol. The highest BCUT2D eigenvalue weighted by Crippen LogP contribution is 2.35. The van der Waals surface area contributed by atoms with Gasteiger partial charge in [0.25, 0.3) is 0 Å². The molecule has 0 aliphatic carbocycles. The van der Waals surface area contributed by atoms with Crippen LogP contribution < -0.4 is 9.47 Å². The number of rotatable bonds is 14. The maximum Gasteiger partial charge on any atom is 0.123 e. The van der Waals surface area contributed by atoms with E-state index in [0.29, 0.717) is 32.2 Å². The molecule has 1 aromatic rings. The summed E-state index contributed by atoms with van der Waals surface area (Å²) >= 11 is 11.7. The van der Waals surface area contributed by atoms with Crippen LogP contribution in [0.15, 0.2) is 24.3 Å². The van der Waals surface area contributed by atoms with Crippen molar-refractivity contribution in [3.63, 3.8) is 0 Å². The van der Waals surface area contributed by atoms with Gasteiger partial charge in [0.15, 0.2) is 0 Å². The molecule has 3 rings (SSSR count). The molecule has 2 fully saturated rings. The molecule has 170 valence electrons. The summed E-state index contributed by atoms with van der Waals surface area (Å²) in [4.78, 5) is 0. The summed E-state index contributed by atoms with van der Waals surface area (Å²) in [6, 6.07) is 7.41. The van der Waals surface area contributed by atoms with Crippen molar-refractivity contribution in [2.24, 2.45) is 0 Å². The van der Waals surface area contributed by atoms with Crippen molar-refractivity contribution in [3.05, 3.63) is 24.3 Å². The summed E-state index contributed by atoms with van der Waals surface area (Å²) in [5.74, 6) is 9.87. The van der Waals surface area contributed by atoms with E-state index in [1.807, 2.05) is 71.3 Å². The van der Waals surface area contributed by atoms with Gasteiger partial charge >= 0.3 is 0 Å². The molecule has 4 nitrogen and oxygen atoms in total. The number of ether oxygens (including phenoxy) is 2. The minimum atomic E-state index is -0.481. The first-order chi connectivity index (χ1) is 14.7. The van der Waals surface area contributed by atoms with Gasteiger partial charge < -0.3 is 19.7 Å². The smallest absolute Gasteiger partial charge is 0.123 e. The SMILES string of the molecule is OC(COc1cccc(OCC(O)CSCC2SCCS2)c1)CSCC1SCCS1. The van der Waals surface area contributed by atoms with Gasteiger partial charge in [-0.3, -0.25) is 0 Å². The topological polar surface area (TPSA) is 58.9 Å². The number of benzene rings is 1. The van der Waals surface area contributed by atoms with Gasteiger partial charge in [-0.2, -0.15) is 23.5 Å². The fraction of sp³-hybridized carbons (Fsp3) is 0.700. The maximum atomic E-state index is 10.2. The molecule has 2 atom stereocenters. The lowest BCUT2D eigenvalue weighted by atomic mass is 10.3. The van der Waals surface area contributed by atoms with Crippen molar-refractivity contribution in [1.29, 1.82) is 0 Å². The molecule has 0 saturated carbocycles. The number of aliphatic hydroxyl groups excluding tert-OH is 2. The van der Waals surface area contributed by atoms with Gasteiger partial charge in [-0.1, -0.05) is 6.07 Å². The van der Waals surface area contributed by atoms with E-state index in [0.717, 1.165) is 11.5 Å². The van der Waals surface area contributed by atoms with Gasteiger partial charge in [0, 0.05) is 52.1 Å². The molecule has 2 unspecified atom stereocenters. The van der Waals surface area contributed by atoms with Crippen molar-refractivity contribution >= 4 is 70.6 Å². The summed E-state index contributed by atoms with van der Waals surface area (Å²) in [5, 5.41) is 20.3. The maximum absolute atomic E-state index is 10.2. The van der Waals surface area contributed by atoms with Gasteiger partial charge in [0.2, 0.25) is 0 Å². The molecule has 1 aromatic carbocycles. The first kappa shape index (κ1) is 25.5. The lowest BCUT2D eigenvalue weighted by Crippen LogP contribution is -2.21. The van der Waals surface area contributed by atoms with Crippen molar-refractivity contribution in [3.8, 4) is 11.5 Å². The molecule has 2 aliphatic rings. The normalized spacial score (nSPS) is 19.8. The Morgan fingerprint density at radius 1 is 0.800 bits per heavy atom. The lowest BCUT2D eigenvalue weighted by Gasteiger charge is -2.15. The van der Waals surface area contributed by atoms with E-state index in [2.05, 4.69) is 0 Å². The van der Waals surface area contributed by atoms with E-state index in [9.17, 15) is 10.2 Å². The van der Waals surface area contributed by atoms with Gasteiger partial charge in [-0.05, 0) is 12.1 Å². The molecule has 2 aliphatic heterocycles. The van der Waals surface area contributed by atoms with Crippen LogP contribution in [0, 0.1) is 0 Å². The molecule has 2 saturated heterocycles. The minimum Gasteiger partial charge on any atom is -0.491 e. The van der Waals surface area contributed by atoms with E-state index in [-0.39, 0.29) is 13.2 Å². The average molecular weight is 527 g/mol. The quantitative estimate of drug-likeness (QED) is 0.368. The van der Waals surface area contributed by atoms with Crippen LogP contribution in [0.2, 0.25) is 0 Å².